The Morgan fingerprint density at radius 1 is 1.40 bits per heavy atom. The van der Waals surface area contributed by atoms with Crippen molar-refractivity contribution in [1.29, 1.82) is 0 Å². The number of aromatic nitrogens is 3. The molecule has 1 N–H and O–H groups in total. The Hall–Kier alpha value is -1.64. The van der Waals surface area contributed by atoms with Crippen LogP contribution in [0.1, 0.15) is 18.6 Å². The number of carbonyl (C=O) groups is 1. The summed E-state index contributed by atoms with van der Waals surface area (Å²) in [6.07, 6.45) is -4.52. The Balaban J connectivity index is 2.13. The molecule has 20 heavy (non-hydrogen) atoms. The van der Waals surface area contributed by atoms with Gasteiger partial charge in [-0.15, -0.1) is 10.2 Å². The molecule has 0 saturated heterocycles. The summed E-state index contributed by atoms with van der Waals surface area (Å²) in [6.45, 7) is 2.67. The highest BCUT2D eigenvalue weighted by atomic mass is 19.4. The molecule has 6 nitrogen and oxygen atoms in total. The maximum Gasteiger partial charge on any atom is 0.451 e. The van der Waals surface area contributed by atoms with Crippen molar-refractivity contribution in [2.45, 2.75) is 26.2 Å². The minimum Gasteiger partial charge on any atom is -0.333 e. The monoisotopic (exact) mass is 291 g/mol. The van der Waals surface area contributed by atoms with Gasteiger partial charge in [-0.05, 0) is 7.05 Å². The predicted molar refractivity (Wildman–Crippen MR) is 63.5 cm³/mol. The molecule has 2 heterocycles. The van der Waals surface area contributed by atoms with E-state index in [4.69, 9.17) is 0 Å². The number of hydrogen-bond donors (Lipinski definition) is 1. The third-order valence-electron chi connectivity index (χ3n) is 3.25. The number of amides is 1. The molecule has 0 aliphatic carbocycles. The number of fused-ring (bicyclic) bond motifs is 1. The SMILES string of the molecule is CNCC(C)C(=O)N1CCn2c(nnc2C(F)(F)F)C1. The van der Waals surface area contributed by atoms with E-state index in [0.717, 1.165) is 4.57 Å². The van der Waals surface area contributed by atoms with Crippen molar-refractivity contribution in [2.75, 3.05) is 20.1 Å². The van der Waals surface area contributed by atoms with Crippen molar-refractivity contribution < 1.29 is 18.0 Å². The van der Waals surface area contributed by atoms with Crippen LogP contribution in [-0.4, -0.2) is 45.7 Å². The summed E-state index contributed by atoms with van der Waals surface area (Å²) in [5, 5.41) is 9.63. The van der Waals surface area contributed by atoms with Crippen LogP contribution in [-0.2, 0) is 24.1 Å². The summed E-state index contributed by atoms with van der Waals surface area (Å²) in [5.41, 5.74) is 0. The first kappa shape index (κ1) is 14.8. The minimum absolute atomic E-state index is 0.0647. The van der Waals surface area contributed by atoms with E-state index in [2.05, 4.69) is 15.5 Å². The maximum absolute atomic E-state index is 12.7. The third kappa shape index (κ3) is 2.77. The molecule has 1 atom stereocenters. The van der Waals surface area contributed by atoms with Crippen molar-refractivity contribution >= 4 is 5.91 Å². The summed E-state index contributed by atoms with van der Waals surface area (Å²) in [4.78, 5) is 13.6. The molecular weight excluding hydrogens is 275 g/mol. The lowest BCUT2D eigenvalue weighted by Gasteiger charge is -2.30. The van der Waals surface area contributed by atoms with Crippen LogP contribution in [0.5, 0.6) is 0 Å². The van der Waals surface area contributed by atoms with Crippen LogP contribution in [0.2, 0.25) is 0 Å². The largest absolute Gasteiger partial charge is 0.451 e. The minimum atomic E-state index is -4.52. The van der Waals surface area contributed by atoms with E-state index in [1.165, 1.54) is 4.90 Å². The lowest BCUT2D eigenvalue weighted by Crippen LogP contribution is -2.43. The summed E-state index contributed by atoms with van der Waals surface area (Å²) in [5.74, 6) is -1.14. The first-order chi connectivity index (χ1) is 9.34. The Morgan fingerprint density at radius 3 is 2.70 bits per heavy atom. The van der Waals surface area contributed by atoms with Crippen LogP contribution in [0.25, 0.3) is 0 Å². The Kier molecular flexibility index (Phi) is 3.98. The maximum atomic E-state index is 12.7. The van der Waals surface area contributed by atoms with Gasteiger partial charge in [-0.25, -0.2) is 0 Å². The Morgan fingerprint density at radius 2 is 2.10 bits per heavy atom. The van der Waals surface area contributed by atoms with Crippen molar-refractivity contribution in [1.82, 2.24) is 25.0 Å². The smallest absolute Gasteiger partial charge is 0.333 e. The Labute approximate surface area is 114 Å². The number of rotatable bonds is 3. The van der Waals surface area contributed by atoms with E-state index in [1.807, 2.05) is 0 Å². The predicted octanol–water partition coefficient (Wildman–Crippen LogP) is 0.495. The highest BCUT2D eigenvalue weighted by molar-refractivity contribution is 5.78. The van der Waals surface area contributed by atoms with Gasteiger partial charge in [0.05, 0.1) is 6.54 Å². The van der Waals surface area contributed by atoms with Gasteiger partial charge >= 0.3 is 6.18 Å². The molecule has 2 rings (SSSR count). The lowest BCUT2D eigenvalue weighted by molar-refractivity contribution is -0.148. The van der Waals surface area contributed by atoms with Gasteiger partial charge in [0, 0.05) is 25.6 Å². The van der Waals surface area contributed by atoms with Gasteiger partial charge in [0.25, 0.3) is 0 Å². The van der Waals surface area contributed by atoms with E-state index in [0.29, 0.717) is 6.54 Å². The molecule has 9 heteroatoms. The number of nitrogens with zero attached hydrogens (tertiary/aromatic N) is 4. The fourth-order valence-corrected chi connectivity index (χ4v) is 2.26. The summed E-state index contributed by atoms with van der Waals surface area (Å²) in [7, 11) is 1.74. The first-order valence-electron chi connectivity index (χ1n) is 6.27. The Bertz CT molecular complexity index is 499. The first-order valence-corrected chi connectivity index (χ1v) is 6.27. The summed E-state index contributed by atoms with van der Waals surface area (Å²) >= 11 is 0. The van der Waals surface area contributed by atoms with Crippen LogP contribution < -0.4 is 5.32 Å². The van der Waals surface area contributed by atoms with Crippen molar-refractivity contribution in [2.24, 2.45) is 5.92 Å². The molecule has 1 aliphatic heterocycles. The number of alkyl halides is 3. The molecule has 1 aromatic heterocycles. The second-order valence-electron chi connectivity index (χ2n) is 4.81. The molecule has 112 valence electrons. The van der Waals surface area contributed by atoms with Gasteiger partial charge in [-0.2, -0.15) is 13.2 Å². The van der Waals surface area contributed by atoms with E-state index in [1.54, 1.807) is 14.0 Å². The highest BCUT2D eigenvalue weighted by Crippen LogP contribution is 2.29. The zero-order valence-electron chi connectivity index (χ0n) is 11.2. The second kappa shape index (κ2) is 5.39. The third-order valence-corrected chi connectivity index (χ3v) is 3.25. The standard InChI is InChI=1S/C11H16F3N5O/c1-7(5-15-2)9(20)18-3-4-19-8(6-18)16-17-10(19)11(12,13)14/h7,15H,3-6H2,1-2H3. The van der Waals surface area contributed by atoms with Crippen LogP contribution in [0.15, 0.2) is 0 Å². The van der Waals surface area contributed by atoms with Crippen molar-refractivity contribution in [3.63, 3.8) is 0 Å². The number of hydrogen-bond acceptors (Lipinski definition) is 4. The van der Waals surface area contributed by atoms with Crippen molar-refractivity contribution in [3.8, 4) is 0 Å². The van der Waals surface area contributed by atoms with E-state index in [9.17, 15) is 18.0 Å². The number of nitrogens with one attached hydrogen (secondary N) is 1. The molecule has 1 aliphatic rings. The van der Waals surface area contributed by atoms with Gasteiger partial charge < -0.3 is 14.8 Å². The van der Waals surface area contributed by atoms with Crippen LogP contribution in [0.4, 0.5) is 13.2 Å². The number of halogens is 3. The molecule has 0 aromatic carbocycles. The van der Waals surface area contributed by atoms with Gasteiger partial charge in [-0.1, -0.05) is 6.92 Å². The molecule has 0 fully saturated rings. The number of carbonyl (C=O) groups excluding carboxylic acids is 1. The molecule has 1 unspecified atom stereocenters. The van der Waals surface area contributed by atoms with Crippen LogP contribution in [0, 0.1) is 5.92 Å². The summed E-state index contributed by atoms with van der Waals surface area (Å²) < 4.78 is 39.1. The summed E-state index contributed by atoms with van der Waals surface area (Å²) in [6, 6.07) is 0. The average molecular weight is 291 g/mol. The van der Waals surface area contributed by atoms with E-state index >= 15 is 0 Å². The topological polar surface area (TPSA) is 63.1 Å². The fraction of sp³-hybridized carbons (Fsp3) is 0.727. The van der Waals surface area contributed by atoms with Crippen LogP contribution in [0.3, 0.4) is 0 Å². The lowest BCUT2D eigenvalue weighted by atomic mass is 10.1. The molecular formula is C11H16F3N5O. The molecule has 1 amide bonds. The molecule has 0 spiro atoms. The quantitative estimate of drug-likeness (QED) is 0.880. The van der Waals surface area contributed by atoms with Gasteiger partial charge in [-0.3, -0.25) is 4.79 Å². The van der Waals surface area contributed by atoms with E-state index in [-0.39, 0.29) is 37.3 Å². The van der Waals surface area contributed by atoms with Gasteiger partial charge in [0.1, 0.15) is 0 Å². The van der Waals surface area contributed by atoms with Gasteiger partial charge in [0.2, 0.25) is 11.7 Å². The van der Waals surface area contributed by atoms with Crippen LogP contribution >= 0.6 is 0 Å². The normalized spacial score (nSPS) is 16.9. The van der Waals surface area contributed by atoms with Crippen molar-refractivity contribution in [3.05, 3.63) is 11.6 Å². The molecule has 0 saturated carbocycles. The van der Waals surface area contributed by atoms with Gasteiger partial charge in [0.15, 0.2) is 5.82 Å². The fourth-order valence-electron chi connectivity index (χ4n) is 2.26. The zero-order chi connectivity index (χ0) is 14.9. The van der Waals surface area contributed by atoms with E-state index < -0.39 is 12.0 Å². The highest BCUT2D eigenvalue weighted by Gasteiger charge is 2.40. The molecule has 0 bridgehead atoms. The zero-order valence-corrected chi connectivity index (χ0v) is 11.2. The molecule has 0 radical (unpaired) electrons. The average Bonchev–Trinajstić information content (AvgIpc) is 2.80. The molecule has 1 aromatic rings. The second-order valence-corrected chi connectivity index (χ2v) is 4.81.